The molecule has 0 heterocycles. The predicted molar refractivity (Wildman–Crippen MR) is 86.5 cm³/mol. The molecular weight excluding hydrogens is 284 g/mol. The van der Waals surface area contributed by atoms with Gasteiger partial charge < -0.3 is 13.9 Å². The van der Waals surface area contributed by atoms with Crippen molar-refractivity contribution >= 4 is 14.3 Å². The van der Waals surface area contributed by atoms with Gasteiger partial charge in [0.15, 0.2) is 14.1 Å². The second-order valence-electron chi connectivity index (χ2n) is 7.27. The number of ether oxygens (including phenoxy) is 2. The van der Waals surface area contributed by atoms with Crippen LogP contribution in [0.5, 0.6) is 0 Å². The fourth-order valence-corrected chi connectivity index (χ4v) is 3.35. The number of hydrogen-bond donors (Lipinski definition) is 0. The van der Waals surface area contributed by atoms with Crippen molar-refractivity contribution in [3.63, 3.8) is 0 Å². The number of carbonyl (C=O) groups is 1. The smallest absolute Gasteiger partial charge is 0.334 e. The van der Waals surface area contributed by atoms with E-state index in [1.54, 1.807) is 7.11 Å². The molecule has 1 aliphatic rings. The van der Waals surface area contributed by atoms with Gasteiger partial charge in [-0.3, -0.25) is 0 Å². The Morgan fingerprint density at radius 2 is 1.90 bits per heavy atom. The third-order valence-electron chi connectivity index (χ3n) is 2.83. The van der Waals surface area contributed by atoms with Gasteiger partial charge in [0, 0.05) is 19.1 Å². The van der Waals surface area contributed by atoms with Crippen molar-refractivity contribution in [1.29, 1.82) is 0 Å². The first-order valence-corrected chi connectivity index (χ1v) is 10.7. The molecule has 120 valence electrons. The van der Waals surface area contributed by atoms with Gasteiger partial charge in [0.25, 0.3) is 0 Å². The Morgan fingerprint density at radius 1 is 1.29 bits per heavy atom. The standard InChI is InChI=1S/C16H28O4Si/c1-15(2,3)19-14(17)13-9-8-11-16(18-4,12-10-13)20-21(5,6)7/h8,10-11H,9,12H2,1-7H3. The van der Waals surface area contributed by atoms with E-state index in [2.05, 4.69) is 19.6 Å². The Hall–Kier alpha value is -0.913. The van der Waals surface area contributed by atoms with Crippen LogP contribution in [0, 0.1) is 0 Å². The molecule has 0 saturated carbocycles. The maximum Gasteiger partial charge on any atom is 0.334 e. The average molecular weight is 312 g/mol. The first-order valence-electron chi connectivity index (χ1n) is 7.32. The number of methoxy groups -OCH3 is 1. The summed E-state index contributed by atoms with van der Waals surface area (Å²) in [5.41, 5.74) is 0.167. The zero-order valence-electron chi connectivity index (χ0n) is 14.3. The first kappa shape index (κ1) is 18.1. The minimum atomic E-state index is -1.77. The van der Waals surface area contributed by atoms with Gasteiger partial charge >= 0.3 is 5.97 Å². The molecule has 1 aliphatic carbocycles. The van der Waals surface area contributed by atoms with Gasteiger partial charge in [-0.1, -0.05) is 12.2 Å². The highest BCUT2D eigenvalue weighted by Crippen LogP contribution is 2.29. The van der Waals surface area contributed by atoms with Crippen LogP contribution < -0.4 is 0 Å². The van der Waals surface area contributed by atoms with Crippen LogP contribution in [0.15, 0.2) is 23.8 Å². The molecule has 0 aromatic rings. The topological polar surface area (TPSA) is 44.8 Å². The molecular formula is C16H28O4Si. The molecule has 0 N–H and O–H groups in total. The lowest BCUT2D eigenvalue weighted by molar-refractivity contribution is -0.150. The van der Waals surface area contributed by atoms with Gasteiger partial charge in [-0.25, -0.2) is 4.79 Å². The summed E-state index contributed by atoms with van der Waals surface area (Å²) in [6.45, 7) is 11.9. The summed E-state index contributed by atoms with van der Waals surface area (Å²) in [4.78, 5) is 12.2. The number of rotatable bonds is 4. The Balaban J connectivity index is 2.89. The zero-order valence-corrected chi connectivity index (χ0v) is 15.3. The number of esters is 1. The van der Waals surface area contributed by atoms with E-state index < -0.39 is 19.7 Å². The molecule has 0 aromatic heterocycles. The zero-order chi connectivity index (χ0) is 16.3. The van der Waals surface area contributed by atoms with E-state index in [-0.39, 0.29) is 5.97 Å². The van der Waals surface area contributed by atoms with E-state index in [1.807, 2.05) is 39.0 Å². The SMILES string of the molecule is COC1(O[Si](C)(C)C)C=CCC(C(=O)OC(C)(C)C)=CC1. The van der Waals surface area contributed by atoms with Crippen molar-refractivity contribution in [3.05, 3.63) is 23.8 Å². The van der Waals surface area contributed by atoms with Crippen LogP contribution in [-0.4, -0.2) is 32.8 Å². The predicted octanol–water partition coefficient (Wildman–Crippen LogP) is 3.80. The lowest BCUT2D eigenvalue weighted by Gasteiger charge is -2.34. The van der Waals surface area contributed by atoms with Crippen molar-refractivity contribution in [3.8, 4) is 0 Å². The minimum Gasteiger partial charge on any atom is -0.457 e. The van der Waals surface area contributed by atoms with Crippen LogP contribution in [-0.2, 0) is 18.7 Å². The van der Waals surface area contributed by atoms with Gasteiger partial charge in [0.05, 0.1) is 0 Å². The molecule has 1 rings (SSSR count). The molecule has 21 heavy (non-hydrogen) atoms. The van der Waals surface area contributed by atoms with Gasteiger partial charge in [-0.2, -0.15) is 0 Å². The molecule has 0 saturated heterocycles. The molecule has 0 amide bonds. The van der Waals surface area contributed by atoms with E-state index in [1.165, 1.54) is 0 Å². The molecule has 0 fully saturated rings. The summed E-state index contributed by atoms with van der Waals surface area (Å²) >= 11 is 0. The maximum absolute atomic E-state index is 12.2. The van der Waals surface area contributed by atoms with Gasteiger partial charge in [0.1, 0.15) is 5.60 Å². The highest BCUT2D eigenvalue weighted by Gasteiger charge is 2.34. The molecule has 4 nitrogen and oxygen atoms in total. The van der Waals surface area contributed by atoms with Crippen LogP contribution in [0.4, 0.5) is 0 Å². The highest BCUT2D eigenvalue weighted by molar-refractivity contribution is 6.69. The van der Waals surface area contributed by atoms with Gasteiger partial charge in [-0.05, 0) is 52.9 Å². The van der Waals surface area contributed by atoms with Crippen molar-refractivity contribution in [1.82, 2.24) is 0 Å². The van der Waals surface area contributed by atoms with Crippen molar-refractivity contribution in [2.24, 2.45) is 0 Å². The third-order valence-corrected chi connectivity index (χ3v) is 3.79. The lowest BCUT2D eigenvalue weighted by Crippen LogP contribution is -2.42. The van der Waals surface area contributed by atoms with Crippen molar-refractivity contribution < 1.29 is 18.7 Å². The molecule has 1 atom stereocenters. The summed E-state index contributed by atoms with van der Waals surface area (Å²) in [5, 5.41) is 0. The third kappa shape index (κ3) is 6.16. The number of hydrogen-bond acceptors (Lipinski definition) is 4. The van der Waals surface area contributed by atoms with Gasteiger partial charge in [0.2, 0.25) is 0 Å². The van der Waals surface area contributed by atoms with E-state index in [9.17, 15) is 4.79 Å². The van der Waals surface area contributed by atoms with Crippen molar-refractivity contribution in [2.45, 2.75) is 64.6 Å². The van der Waals surface area contributed by atoms with Crippen LogP contribution >= 0.6 is 0 Å². The summed E-state index contributed by atoms with van der Waals surface area (Å²) in [6.07, 6.45) is 6.76. The second-order valence-corrected chi connectivity index (χ2v) is 11.7. The fourth-order valence-electron chi connectivity index (χ4n) is 2.08. The molecule has 0 aromatic carbocycles. The largest absolute Gasteiger partial charge is 0.457 e. The Kier molecular flexibility index (Phi) is 5.58. The molecule has 5 heteroatoms. The molecule has 0 bridgehead atoms. The van der Waals surface area contributed by atoms with Crippen molar-refractivity contribution in [2.75, 3.05) is 7.11 Å². The Labute approximate surface area is 129 Å². The summed E-state index contributed by atoms with van der Waals surface area (Å²) in [5.74, 6) is -1.04. The number of allylic oxidation sites excluding steroid dienone is 1. The second kappa shape index (κ2) is 6.46. The average Bonchev–Trinajstić information content (AvgIpc) is 2.48. The Morgan fingerprint density at radius 3 is 2.38 bits per heavy atom. The first-order chi connectivity index (χ1) is 9.46. The van der Waals surface area contributed by atoms with Crippen LogP contribution in [0.1, 0.15) is 33.6 Å². The van der Waals surface area contributed by atoms with E-state index in [0.29, 0.717) is 18.4 Å². The van der Waals surface area contributed by atoms with Crippen LogP contribution in [0.2, 0.25) is 19.6 Å². The quantitative estimate of drug-likeness (QED) is 0.343. The van der Waals surface area contributed by atoms with E-state index >= 15 is 0 Å². The molecule has 0 spiro atoms. The van der Waals surface area contributed by atoms with Gasteiger partial charge in [-0.15, -0.1) is 0 Å². The highest BCUT2D eigenvalue weighted by atomic mass is 28.4. The van der Waals surface area contributed by atoms with E-state index in [0.717, 1.165) is 0 Å². The van der Waals surface area contributed by atoms with Crippen LogP contribution in [0.3, 0.4) is 0 Å². The molecule has 0 radical (unpaired) electrons. The summed E-state index contributed by atoms with van der Waals surface area (Å²) < 4.78 is 17.2. The summed E-state index contributed by atoms with van der Waals surface area (Å²) in [6, 6.07) is 0. The fraction of sp³-hybridized carbons (Fsp3) is 0.688. The molecule has 0 aliphatic heterocycles. The summed E-state index contributed by atoms with van der Waals surface area (Å²) in [7, 11) is -0.134. The number of carbonyl (C=O) groups excluding carboxylic acids is 1. The monoisotopic (exact) mass is 312 g/mol. The minimum absolute atomic E-state index is 0.271. The normalized spacial score (nSPS) is 23.5. The van der Waals surface area contributed by atoms with Crippen LogP contribution in [0.25, 0.3) is 0 Å². The molecule has 1 unspecified atom stereocenters. The Bertz CT molecular complexity index is 440. The maximum atomic E-state index is 12.2. The lowest BCUT2D eigenvalue weighted by atomic mass is 10.1. The van der Waals surface area contributed by atoms with E-state index in [4.69, 9.17) is 13.9 Å².